The molecule has 142 valence electrons. The Balaban J connectivity index is 1.57. The molecule has 0 bridgehead atoms. The molecule has 0 saturated heterocycles. The van der Waals surface area contributed by atoms with Crippen LogP contribution in [-0.2, 0) is 0 Å². The van der Waals surface area contributed by atoms with Crippen molar-refractivity contribution in [3.63, 3.8) is 0 Å². The van der Waals surface area contributed by atoms with E-state index in [1.807, 2.05) is 65.2 Å². The third kappa shape index (κ3) is 3.31. The van der Waals surface area contributed by atoms with Gasteiger partial charge in [-0.25, -0.2) is 9.97 Å². The number of anilines is 1. The molecule has 0 amide bonds. The summed E-state index contributed by atoms with van der Waals surface area (Å²) in [4.78, 5) is 9.65. The highest BCUT2D eigenvalue weighted by Gasteiger charge is 2.15. The average Bonchev–Trinajstić information content (AvgIpc) is 3.24. The molecule has 5 nitrogen and oxygen atoms in total. The highest BCUT2D eigenvalue weighted by molar-refractivity contribution is 5.92. The highest BCUT2D eigenvalue weighted by Crippen LogP contribution is 2.24. The molecule has 29 heavy (non-hydrogen) atoms. The lowest BCUT2D eigenvalue weighted by molar-refractivity contribution is 0.788. The second-order valence-corrected chi connectivity index (χ2v) is 7.18. The van der Waals surface area contributed by atoms with E-state index >= 15 is 0 Å². The quantitative estimate of drug-likeness (QED) is 0.458. The van der Waals surface area contributed by atoms with E-state index in [0.29, 0.717) is 17.7 Å². The van der Waals surface area contributed by atoms with Crippen molar-refractivity contribution in [2.24, 2.45) is 0 Å². The van der Waals surface area contributed by atoms with Crippen molar-refractivity contribution in [2.45, 2.75) is 12.8 Å². The lowest BCUT2D eigenvalue weighted by Crippen LogP contribution is -2.14. The zero-order chi connectivity index (χ0) is 19.6. The van der Waals surface area contributed by atoms with E-state index in [2.05, 4.69) is 36.5 Å². The first-order chi connectivity index (χ1) is 14.3. The topological polar surface area (TPSA) is 55.1 Å². The van der Waals surface area contributed by atoms with E-state index in [1.54, 1.807) is 0 Å². The minimum atomic E-state index is 0.344. The SMILES string of the molecule is CC(CNc1nc2ccccc2c2nc(-c3ccccc3)nn12)c1ccccc1. The second-order valence-electron chi connectivity index (χ2n) is 7.18. The molecule has 0 radical (unpaired) electrons. The molecule has 0 aliphatic heterocycles. The van der Waals surface area contributed by atoms with Crippen molar-refractivity contribution < 1.29 is 0 Å². The van der Waals surface area contributed by atoms with E-state index in [0.717, 1.165) is 28.7 Å². The largest absolute Gasteiger partial charge is 0.354 e. The monoisotopic (exact) mass is 379 g/mol. The van der Waals surface area contributed by atoms with E-state index in [9.17, 15) is 0 Å². The third-order valence-corrected chi connectivity index (χ3v) is 5.15. The summed E-state index contributed by atoms with van der Waals surface area (Å²) in [6, 6.07) is 28.6. The Hall–Kier alpha value is -3.73. The Labute approximate surface area is 169 Å². The molecule has 2 aromatic heterocycles. The zero-order valence-electron chi connectivity index (χ0n) is 16.2. The molecule has 0 aliphatic rings. The van der Waals surface area contributed by atoms with Gasteiger partial charge in [0.25, 0.3) is 0 Å². The first kappa shape index (κ1) is 17.4. The summed E-state index contributed by atoms with van der Waals surface area (Å²) in [5.74, 6) is 1.75. The van der Waals surface area contributed by atoms with Crippen LogP contribution in [-0.4, -0.2) is 26.1 Å². The maximum Gasteiger partial charge on any atom is 0.226 e. The van der Waals surface area contributed by atoms with Crippen molar-refractivity contribution in [2.75, 3.05) is 11.9 Å². The van der Waals surface area contributed by atoms with Gasteiger partial charge in [0.05, 0.1) is 5.52 Å². The number of nitrogens with zero attached hydrogens (tertiary/aromatic N) is 4. The number of rotatable bonds is 5. The van der Waals surface area contributed by atoms with Crippen molar-refractivity contribution in [1.29, 1.82) is 0 Å². The van der Waals surface area contributed by atoms with Gasteiger partial charge in [0.1, 0.15) is 0 Å². The minimum Gasteiger partial charge on any atom is -0.354 e. The molecule has 5 heteroatoms. The molecule has 1 unspecified atom stereocenters. The van der Waals surface area contributed by atoms with Gasteiger partial charge in [-0.1, -0.05) is 79.7 Å². The van der Waals surface area contributed by atoms with Crippen molar-refractivity contribution >= 4 is 22.5 Å². The van der Waals surface area contributed by atoms with Crippen molar-refractivity contribution in [3.05, 3.63) is 90.5 Å². The lowest BCUT2D eigenvalue weighted by Gasteiger charge is -2.14. The molecular formula is C24H21N5. The predicted octanol–water partition coefficient (Wildman–Crippen LogP) is 5.16. The van der Waals surface area contributed by atoms with Gasteiger partial charge in [-0.3, -0.25) is 0 Å². The highest BCUT2D eigenvalue weighted by atomic mass is 15.4. The van der Waals surface area contributed by atoms with Gasteiger partial charge in [0, 0.05) is 17.5 Å². The Morgan fingerprint density at radius 2 is 1.52 bits per heavy atom. The van der Waals surface area contributed by atoms with Crippen LogP contribution < -0.4 is 5.32 Å². The molecule has 3 aromatic carbocycles. The molecule has 1 N–H and O–H groups in total. The van der Waals surface area contributed by atoms with Crippen LogP contribution in [0.3, 0.4) is 0 Å². The van der Waals surface area contributed by atoms with Crippen LogP contribution in [0.5, 0.6) is 0 Å². The summed E-state index contributed by atoms with van der Waals surface area (Å²) >= 11 is 0. The molecule has 5 rings (SSSR count). The van der Waals surface area contributed by atoms with Crippen LogP contribution in [0.4, 0.5) is 5.95 Å². The smallest absolute Gasteiger partial charge is 0.226 e. The van der Waals surface area contributed by atoms with Crippen molar-refractivity contribution in [3.8, 4) is 11.4 Å². The Kier molecular flexibility index (Phi) is 4.41. The van der Waals surface area contributed by atoms with Crippen LogP contribution in [0.15, 0.2) is 84.9 Å². The fraction of sp³-hybridized carbons (Fsp3) is 0.125. The average molecular weight is 379 g/mol. The zero-order valence-corrected chi connectivity index (χ0v) is 16.2. The predicted molar refractivity (Wildman–Crippen MR) is 117 cm³/mol. The van der Waals surface area contributed by atoms with Gasteiger partial charge in [-0.05, 0) is 23.6 Å². The second kappa shape index (κ2) is 7.36. The molecule has 2 heterocycles. The number of nitrogens with one attached hydrogen (secondary N) is 1. The molecule has 5 aromatic rings. The van der Waals surface area contributed by atoms with Gasteiger partial charge < -0.3 is 5.32 Å². The van der Waals surface area contributed by atoms with E-state index < -0.39 is 0 Å². The van der Waals surface area contributed by atoms with Crippen molar-refractivity contribution in [1.82, 2.24) is 19.6 Å². The van der Waals surface area contributed by atoms with Crippen LogP contribution in [0.1, 0.15) is 18.4 Å². The maximum atomic E-state index is 4.83. The molecule has 0 aliphatic carbocycles. The van der Waals surface area contributed by atoms with Crippen LogP contribution in [0.25, 0.3) is 27.9 Å². The molecular weight excluding hydrogens is 358 g/mol. The number of benzene rings is 3. The maximum absolute atomic E-state index is 4.83. The number of aromatic nitrogens is 4. The van der Waals surface area contributed by atoms with Crippen LogP contribution in [0, 0.1) is 0 Å². The first-order valence-electron chi connectivity index (χ1n) is 9.79. The van der Waals surface area contributed by atoms with Crippen LogP contribution >= 0.6 is 0 Å². The summed E-state index contributed by atoms with van der Waals surface area (Å²) < 4.78 is 1.82. The molecule has 0 saturated carbocycles. The Morgan fingerprint density at radius 1 is 0.828 bits per heavy atom. The van der Waals surface area contributed by atoms with Gasteiger partial charge in [-0.2, -0.15) is 4.52 Å². The number of para-hydroxylation sites is 1. The van der Waals surface area contributed by atoms with Gasteiger partial charge in [0.15, 0.2) is 11.5 Å². The molecule has 0 spiro atoms. The standard InChI is InChI=1S/C24H21N5/c1-17(18-10-4-2-5-11-18)16-25-24-26-21-15-9-8-14-20(21)23-27-22(28-29(23)24)19-12-6-3-7-13-19/h2-15,17H,16H2,1H3,(H,25,26). The summed E-state index contributed by atoms with van der Waals surface area (Å²) in [7, 11) is 0. The summed E-state index contributed by atoms with van der Waals surface area (Å²) in [6.45, 7) is 2.96. The van der Waals surface area contributed by atoms with Gasteiger partial charge >= 0.3 is 0 Å². The summed E-state index contributed by atoms with van der Waals surface area (Å²) in [5, 5.41) is 9.25. The van der Waals surface area contributed by atoms with Gasteiger partial charge in [0.2, 0.25) is 5.95 Å². The fourth-order valence-electron chi connectivity index (χ4n) is 3.52. The van der Waals surface area contributed by atoms with E-state index in [-0.39, 0.29) is 0 Å². The number of hydrogen-bond acceptors (Lipinski definition) is 4. The fourth-order valence-corrected chi connectivity index (χ4v) is 3.52. The Bertz CT molecular complexity index is 1260. The summed E-state index contributed by atoms with van der Waals surface area (Å²) in [6.07, 6.45) is 0. The normalized spacial score (nSPS) is 12.3. The third-order valence-electron chi connectivity index (χ3n) is 5.15. The van der Waals surface area contributed by atoms with E-state index in [1.165, 1.54) is 5.56 Å². The van der Waals surface area contributed by atoms with Gasteiger partial charge in [-0.15, -0.1) is 5.10 Å². The minimum absolute atomic E-state index is 0.344. The number of fused-ring (bicyclic) bond motifs is 3. The summed E-state index contributed by atoms with van der Waals surface area (Å²) in [5.41, 5.74) is 4.00. The van der Waals surface area contributed by atoms with Crippen LogP contribution in [0.2, 0.25) is 0 Å². The van der Waals surface area contributed by atoms with E-state index in [4.69, 9.17) is 15.1 Å². The number of hydrogen-bond donors (Lipinski definition) is 1. The Morgan fingerprint density at radius 3 is 2.31 bits per heavy atom. The lowest BCUT2D eigenvalue weighted by atomic mass is 10.0. The molecule has 0 fully saturated rings. The molecule has 1 atom stereocenters. The first-order valence-corrected chi connectivity index (χ1v) is 9.79.